The number of hydrogen-bond acceptors (Lipinski definition) is 2. The number of nitrogens with zero attached hydrogens (tertiary/aromatic N) is 1. The van der Waals surface area contributed by atoms with Crippen LogP contribution in [0, 0.1) is 6.92 Å². The average Bonchev–Trinajstić information content (AvgIpc) is 2.44. The molecule has 0 atom stereocenters. The van der Waals surface area contributed by atoms with Gasteiger partial charge >= 0.3 is 0 Å². The highest BCUT2D eigenvalue weighted by Crippen LogP contribution is 2.12. The van der Waals surface area contributed by atoms with Crippen LogP contribution >= 0.6 is 0 Å². The lowest BCUT2D eigenvalue weighted by Gasteiger charge is -2.18. The summed E-state index contributed by atoms with van der Waals surface area (Å²) < 4.78 is 0. The standard InChI is InChI=1S/C18H24N2/c1-15-6-4-5-7-18(15)14-20(3)13-17-10-8-16(9-11-17)12-19-2/h4-11,19H,12-14H2,1-3H3. The smallest absolute Gasteiger partial charge is 0.0236 e. The molecule has 2 aromatic rings. The molecule has 0 radical (unpaired) electrons. The van der Waals surface area contributed by atoms with E-state index in [1.165, 1.54) is 22.3 Å². The van der Waals surface area contributed by atoms with Crippen molar-refractivity contribution in [1.29, 1.82) is 0 Å². The van der Waals surface area contributed by atoms with E-state index in [4.69, 9.17) is 0 Å². The van der Waals surface area contributed by atoms with Crippen LogP contribution in [0.3, 0.4) is 0 Å². The van der Waals surface area contributed by atoms with Gasteiger partial charge in [-0.3, -0.25) is 4.90 Å². The van der Waals surface area contributed by atoms with Crippen molar-refractivity contribution in [2.75, 3.05) is 14.1 Å². The van der Waals surface area contributed by atoms with E-state index in [1.54, 1.807) is 0 Å². The van der Waals surface area contributed by atoms with Crippen molar-refractivity contribution in [2.45, 2.75) is 26.6 Å². The molecule has 1 N–H and O–H groups in total. The number of hydrogen-bond donors (Lipinski definition) is 1. The van der Waals surface area contributed by atoms with Gasteiger partial charge in [0.15, 0.2) is 0 Å². The van der Waals surface area contributed by atoms with Crippen molar-refractivity contribution in [2.24, 2.45) is 0 Å². The van der Waals surface area contributed by atoms with E-state index in [1.807, 2.05) is 7.05 Å². The maximum atomic E-state index is 3.17. The Morgan fingerprint density at radius 3 is 2.20 bits per heavy atom. The van der Waals surface area contributed by atoms with Gasteiger partial charge in [-0.15, -0.1) is 0 Å². The van der Waals surface area contributed by atoms with Crippen LogP contribution in [-0.4, -0.2) is 19.0 Å². The summed E-state index contributed by atoms with van der Waals surface area (Å²) in [7, 11) is 4.15. The number of aryl methyl sites for hydroxylation is 1. The zero-order valence-corrected chi connectivity index (χ0v) is 12.7. The van der Waals surface area contributed by atoms with E-state index < -0.39 is 0 Å². The topological polar surface area (TPSA) is 15.3 Å². The second-order valence-corrected chi connectivity index (χ2v) is 5.45. The molecule has 0 aromatic heterocycles. The molecular weight excluding hydrogens is 244 g/mol. The van der Waals surface area contributed by atoms with Gasteiger partial charge in [-0.2, -0.15) is 0 Å². The second kappa shape index (κ2) is 7.22. The minimum atomic E-state index is 0.930. The van der Waals surface area contributed by atoms with Gasteiger partial charge in [-0.05, 0) is 43.3 Å². The van der Waals surface area contributed by atoms with Crippen LogP contribution in [0.1, 0.15) is 22.3 Å². The lowest BCUT2D eigenvalue weighted by atomic mass is 10.1. The predicted molar refractivity (Wildman–Crippen MR) is 85.6 cm³/mol. The van der Waals surface area contributed by atoms with Gasteiger partial charge in [-0.25, -0.2) is 0 Å². The highest BCUT2D eigenvalue weighted by atomic mass is 15.1. The molecule has 0 aliphatic rings. The zero-order chi connectivity index (χ0) is 14.4. The summed E-state index contributed by atoms with van der Waals surface area (Å²) in [6.45, 7) is 5.08. The van der Waals surface area contributed by atoms with Crippen molar-refractivity contribution < 1.29 is 0 Å². The first kappa shape index (κ1) is 14.8. The fraction of sp³-hybridized carbons (Fsp3) is 0.333. The summed E-state index contributed by atoms with van der Waals surface area (Å²) in [6, 6.07) is 17.4. The molecule has 0 amide bonds. The Bertz CT molecular complexity index is 531. The summed E-state index contributed by atoms with van der Waals surface area (Å²) in [5.41, 5.74) is 5.46. The van der Waals surface area contributed by atoms with E-state index >= 15 is 0 Å². The van der Waals surface area contributed by atoms with Gasteiger partial charge in [0.25, 0.3) is 0 Å². The Morgan fingerprint density at radius 1 is 0.900 bits per heavy atom. The molecule has 2 rings (SSSR count). The van der Waals surface area contributed by atoms with E-state index in [2.05, 4.69) is 72.7 Å². The van der Waals surface area contributed by atoms with Crippen LogP contribution in [-0.2, 0) is 19.6 Å². The van der Waals surface area contributed by atoms with Crippen LogP contribution in [0.25, 0.3) is 0 Å². The summed E-state index contributed by atoms with van der Waals surface area (Å²) in [5, 5.41) is 3.17. The molecular formula is C18H24N2. The average molecular weight is 268 g/mol. The summed E-state index contributed by atoms with van der Waals surface area (Å²) in [5.74, 6) is 0. The minimum absolute atomic E-state index is 0.930. The molecule has 2 aromatic carbocycles. The molecule has 0 spiro atoms. The van der Waals surface area contributed by atoms with E-state index in [0.717, 1.165) is 19.6 Å². The van der Waals surface area contributed by atoms with E-state index in [-0.39, 0.29) is 0 Å². The second-order valence-electron chi connectivity index (χ2n) is 5.45. The number of rotatable bonds is 6. The number of benzene rings is 2. The Labute approximate surface area is 122 Å². The molecule has 20 heavy (non-hydrogen) atoms. The lowest BCUT2D eigenvalue weighted by molar-refractivity contribution is 0.318. The molecule has 0 saturated heterocycles. The predicted octanol–water partition coefficient (Wildman–Crippen LogP) is 3.35. The van der Waals surface area contributed by atoms with Crippen molar-refractivity contribution in [3.8, 4) is 0 Å². The maximum absolute atomic E-state index is 3.17. The van der Waals surface area contributed by atoms with Crippen molar-refractivity contribution >= 4 is 0 Å². The summed E-state index contributed by atoms with van der Waals surface area (Å²) in [6.07, 6.45) is 0. The molecule has 0 bridgehead atoms. The first-order chi connectivity index (χ1) is 9.69. The maximum Gasteiger partial charge on any atom is 0.0236 e. The van der Waals surface area contributed by atoms with Crippen molar-refractivity contribution in [3.05, 3.63) is 70.8 Å². The highest BCUT2D eigenvalue weighted by molar-refractivity contribution is 5.26. The number of nitrogens with one attached hydrogen (secondary N) is 1. The SMILES string of the molecule is CNCc1ccc(CN(C)Cc2ccccc2C)cc1. The Balaban J connectivity index is 1.94. The molecule has 106 valence electrons. The largest absolute Gasteiger partial charge is 0.316 e. The van der Waals surface area contributed by atoms with Crippen LogP contribution in [0.15, 0.2) is 48.5 Å². The fourth-order valence-electron chi connectivity index (χ4n) is 2.41. The Morgan fingerprint density at radius 2 is 1.55 bits per heavy atom. The van der Waals surface area contributed by atoms with Crippen molar-refractivity contribution in [1.82, 2.24) is 10.2 Å². The Hall–Kier alpha value is -1.64. The fourth-order valence-corrected chi connectivity index (χ4v) is 2.41. The lowest BCUT2D eigenvalue weighted by Crippen LogP contribution is -2.17. The van der Waals surface area contributed by atoms with Crippen LogP contribution in [0.5, 0.6) is 0 Å². The minimum Gasteiger partial charge on any atom is -0.316 e. The summed E-state index contributed by atoms with van der Waals surface area (Å²) >= 11 is 0. The third kappa shape index (κ3) is 4.19. The first-order valence-electron chi connectivity index (χ1n) is 7.14. The molecule has 0 aliphatic heterocycles. The normalized spacial score (nSPS) is 11.0. The van der Waals surface area contributed by atoms with Crippen LogP contribution in [0.4, 0.5) is 0 Å². The van der Waals surface area contributed by atoms with Gasteiger partial charge in [0.1, 0.15) is 0 Å². The zero-order valence-electron chi connectivity index (χ0n) is 12.7. The third-order valence-corrected chi connectivity index (χ3v) is 3.56. The molecule has 2 nitrogen and oxygen atoms in total. The van der Waals surface area contributed by atoms with Crippen LogP contribution < -0.4 is 5.32 Å². The van der Waals surface area contributed by atoms with E-state index in [9.17, 15) is 0 Å². The molecule has 0 fully saturated rings. The van der Waals surface area contributed by atoms with Gasteiger partial charge in [0.05, 0.1) is 0 Å². The Kier molecular flexibility index (Phi) is 5.33. The quantitative estimate of drug-likeness (QED) is 0.864. The first-order valence-corrected chi connectivity index (χ1v) is 7.14. The van der Waals surface area contributed by atoms with Crippen molar-refractivity contribution in [3.63, 3.8) is 0 Å². The molecule has 0 unspecified atom stereocenters. The van der Waals surface area contributed by atoms with Gasteiger partial charge in [0, 0.05) is 19.6 Å². The monoisotopic (exact) mass is 268 g/mol. The van der Waals surface area contributed by atoms with E-state index in [0.29, 0.717) is 0 Å². The highest BCUT2D eigenvalue weighted by Gasteiger charge is 2.04. The van der Waals surface area contributed by atoms with Gasteiger partial charge < -0.3 is 5.32 Å². The molecule has 2 heteroatoms. The summed E-state index contributed by atoms with van der Waals surface area (Å²) in [4.78, 5) is 2.36. The third-order valence-electron chi connectivity index (χ3n) is 3.56. The van der Waals surface area contributed by atoms with Gasteiger partial charge in [0.2, 0.25) is 0 Å². The molecule has 0 aliphatic carbocycles. The molecule has 0 saturated carbocycles. The van der Waals surface area contributed by atoms with Crippen LogP contribution in [0.2, 0.25) is 0 Å². The van der Waals surface area contributed by atoms with Gasteiger partial charge in [-0.1, -0.05) is 48.5 Å². The molecule has 0 heterocycles.